The zero-order valence-corrected chi connectivity index (χ0v) is 7.77. The first kappa shape index (κ1) is 8.36. The van der Waals surface area contributed by atoms with Crippen molar-refractivity contribution >= 4 is 17.0 Å². The van der Waals surface area contributed by atoms with Crippen LogP contribution < -0.4 is 0 Å². The van der Waals surface area contributed by atoms with Gasteiger partial charge in [-0.3, -0.25) is 0 Å². The van der Waals surface area contributed by atoms with Crippen LogP contribution >= 0.6 is 11.6 Å². The van der Waals surface area contributed by atoms with Gasteiger partial charge in [-0.1, -0.05) is 6.42 Å². The number of carbonyl (C=O) groups excluding carboxylic acids is 1. The number of carbonyl (C=O) groups is 1. The topological polar surface area (TPSA) is 26.3 Å². The van der Waals surface area contributed by atoms with Gasteiger partial charge in [-0.15, -0.1) is 0 Å². The van der Waals surface area contributed by atoms with Crippen LogP contribution in [-0.4, -0.2) is 12.0 Å². The Kier molecular flexibility index (Phi) is 2.03. The van der Waals surface area contributed by atoms with Crippen molar-refractivity contribution in [3.05, 3.63) is 0 Å². The fraction of sp³-hybridized carbons (Fsp3) is 0.889. The smallest absolute Gasteiger partial charge is 0.403 e. The lowest BCUT2D eigenvalue weighted by atomic mass is 9.52. The predicted octanol–water partition coefficient (Wildman–Crippen LogP) is 2.94. The molecule has 2 aliphatic carbocycles. The molecule has 0 radical (unpaired) electrons. The average Bonchev–Trinajstić information content (AvgIpc) is 1.79. The maximum absolute atomic E-state index is 10.3. The van der Waals surface area contributed by atoms with Gasteiger partial charge in [0.1, 0.15) is 0 Å². The molecule has 2 aliphatic rings. The molecule has 0 heterocycles. The van der Waals surface area contributed by atoms with Crippen molar-refractivity contribution in [1.29, 1.82) is 0 Å². The minimum Gasteiger partial charge on any atom is -0.453 e. The van der Waals surface area contributed by atoms with Crippen molar-refractivity contribution in [2.75, 3.05) is 6.61 Å². The van der Waals surface area contributed by atoms with Crippen LogP contribution in [0.4, 0.5) is 4.79 Å². The van der Waals surface area contributed by atoms with Gasteiger partial charge in [-0.05, 0) is 37.0 Å². The molecule has 0 unspecified atom stereocenters. The number of rotatable bonds is 2. The summed E-state index contributed by atoms with van der Waals surface area (Å²) in [6.45, 7) is 0.532. The van der Waals surface area contributed by atoms with Gasteiger partial charge < -0.3 is 4.74 Å². The number of halogens is 1. The molecule has 12 heavy (non-hydrogen) atoms. The van der Waals surface area contributed by atoms with Crippen LogP contribution in [0.2, 0.25) is 0 Å². The van der Waals surface area contributed by atoms with Crippen molar-refractivity contribution in [1.82, 2.24) is 0 Å². The molecular weight excluding hydrogens is 176 g/mol. The molecule has 2 fully saturated rings. The molecule has 0 aromatic heterocycles. The normalized spacial score (nSPS) is 26.1. The van der Waals surface area contributed by atoms with E-state index < -0.39 is 5.43 Å². The van der Waals surface area contributed by atoms with E-state index in [-0.39, 0.29) is 0 Å². The van der Waals surface area contributed by atoms with Crippen LogP contribution in [0.3, 0.4) is 0 Å². The lowest BCUT2D eigenvalue weighted by Gasteiger charge is -2.54. The summed E-state index contributed by atoms with van der Waals surface area (Å²) in [5.41, 5.74) is 0.00758. The molecule has 2 saturated carbocycles. The van der Waals surface area contributed by atoms with Crippen molar-refractivity contribution in [3.8, 4) is 0 Å². The molecule has 0 N–H and O–H groups in total. The van der Waals surface area contributed by atoms with Crippen LogP contribution in [0.15, 0.2) is 0 Å². The summed E-state index contributed by atoms with van der Waals surface area (Å²) in [6.07, 6.45) is 6.66. The van der Waals surface area contributed by atoms with Crippen LogP contribution in [0, 0.1) is 11.3 Å². The molecule has 0 aromatic rings. The van der Waals surface area contributed by atoms with Crippen molar-refractivity contribution in [2.45, 2.75) is 32.1 Å². The Bertz CT molecular complexity index is 191. The molecule has 0 saturated heterocycles. The first-order chi connectivity index (χ1) is 5.70. The Balaban J connectivity index is 1.64. The summed E-state index contributed by atoms with van der Waals surface area (Å²) in [5, 5.41) is 0. The van der Waals surface area contributed by atoms with E-state index in [1.807, 2.05) is 0 Å². The molecule has 0 amide bonds. The van der Waals surface area contributed by atoms with E-state index >= 15 is 0 Å². The van der Waals surface area contributed by atoms with Gasteiger partial charge in [-0.2, -0.15) is 0 Å². The van der Waals surface area contributed by atoms with Gasteiger partial charge in [0.25, 0.3) is 0 Å². The highest BCUT2D eigenvalue weighted by Crippen LogP contribution is 2.58. The lowest BCUT2D eigenvalue weighted by Crippen LogP contribution is -2.44. The van der Waals surface area contributed by atoms with Gasteiger partial charge in [0.05, 0.1) is 6.61 Å². The summed E-state index contributed by atoms with van der Waals surface area (Å²) in [6, 6.07) is 0. The Morgan fingerprint density at radius 1 is 1.50 bits per heavy atom. The van der Waals surface area contributed by atoms with Crippen LogP contribution in [-0.2, 0) is 4.74 Å². The van der Waals surface area contributed by atoms with E-state index in [1.165, 1.54) is 32.1 Å². The largest absolute Gasteiger partial charge is 0.453 e. The highest BCUT2D eigenvalue weighted by molar-refractivity contribution is 6.61. The van der Waals surface area contributed by atoms with Crippen LogP contribution in [0.1, 0.15) is 32.1 Å². The third-order valence-corrected chi connectivity index (χ3v) is 3.40. The zero-order chi connectivity index (χ0) is 8.60. The van der Waals surface area contributed by atoms with Gasteiger partial charge >= 0.3 is 5.43 Å². The second-order valence-electron chi connectivity index (χ2n) is 4.18. The zero-order valence-electron chi connectivity index (χ0n) is 7.01. The standard InChI is InChI=1S/C9H13ClO2/c10-8(11)12-6-7-4-9(5-7)2-1-3-9/h7H,1-6H2. The van der Waals surface area contributed by atoms with E-state index in [9.17, 15) is 4.79 Å². The summed E-state index contributed by atoms with van der Waals surface area (Å²) >= 11 is 5.06. The minimum absolute atomic E-state index is 0.532. The highest BCUT2D eigenvalue weighted by Gasteiger charge is 2.48. The van der Waals surface area contributed by atoms with E-state index in [0.717, 1.165) is 0 Å². The maximum atomic E-state index is 10.3. The van der Waals surface area contributed by atoms with Gasteiger partial charge in [0.2, 0.25) is 0 Å². The van der Waals surface area contributed by atoms with Crippen molar-refractivity contribution in [3.63, 3.8) is 0 Å². The summed E-state index contributed by atoms with van der Waals surface area (Å²) in [4.78, 5) is 10.3. The Morgan fingerprint density at radius 3 is 2.58 bits per heavy atom. The predicted molar refractivity (Wildman–Crippen MR) is 46.2 cm³/mol. The molecule has 3 heteroatoms. The van der Waals surface area contributed by atoms with E-state index in [0.29, 0.717) is 17.9 Å². The lowest BCUT2D eigenvalue weighted by molar-refractivity contribution is -0.0463. The third-order valence-electron chi connectivity index (χ3n) is 3.29. The average molecular weight is 189 g/mol. The van der Waals surface area contributed by atoms with Crippen molar-refractivity contribution in [2.24, 2.45) is 11.3 Å². The minimum atomic E-state index is -0.662. The Hall–Kier alpha value is -0.240. The highest BCUT2D eigenvalue weighted by atomic mass is 35.5. The molecule has 0 aliphatic heterocycles. The van der Waals surface area contributed by atoms with E-state index in [1.54, 1.807) is 0 Å². The second kappa shape index (κ2) is 2.91. The Morgan fingerprint density at radius 2 is 2.17 bits per heavy atom. The maximum Gasteiger partial charge on any atom is 0.403 e. The monoisotopic (exact) mass is 188 g/mol. The summed E-state index contributed by atoms with van der Waals surface area (Å²) < 4.78 is 4.73. The van der Waals surface area contributed by atoms with E-state index in [4.69, 9.17) is 16.3 Å². The molecule has 2 rings (SSSR count). The molecule has 0 aromatic carbocycles. The SMILES string of the molecule is O=C(Cl)OCC1CC2(CCC2)C1. The number of ether oxygens (including phenoxy) is 1. The fourth-order valence-corrected chi connectivity index (χ4v) is 2.61. The molecule has 2 nitrogen and oxygen atoms in total. The first-order valence-corrected chi connectivity index (χ1v) is 4.90. The third kappa shape index (κ3) is 1.45. The molecule has 0 bridgehead atoms. The number of hydrogen-bond acceptors (Lipinski definition) is 2. The van der Waals surface area contributed by atoms with Gasteiger partial charge in [0, 0.05) is 11.6 Å². The second-order valence-corrected chi connectivity index (χ2v) is 4.49. The number of hydrogen-bond donors (Lipinski definition) is 0. The quantitative estimate of drug-likeness (QED) is 0.623. The summed E-state index contributed by atoms with van der Waals surface area (Å²) in [7, 11) is 0. The first-order valence-electron chi connectivity index (χ1n) is 4.52. The van der Waals surface area contributed by atoms with Gasteiger partial charge in [-0.25, -0.2) is 4.79 Å². The molecular formula is C9H13ClO2. The van der Waals surface area contributed by atoms with Crippen molar-refractivity contribution < 1.29 is 9.53 Å². The molecule has 0 atom stereocenters. The van der Waals surface area contributed by atoms with E-state index in [2.05, 4.69) is 0 Å². The Labute approximate surface area is 77.2 Å². The molecule has 1 spiro atoms. The van der Waals surface area contributed by atoms with Gasteiger partial charge in [0.15, 0.2) is 0 Å². The fourth-order valence-electron chi connectivity index (χ4n) is 2.55. The van der Waals surface area contributed by atoms with Crippen LogP contribution in [0.25, 0.3) is 0 Å². The van der Waals surface area contributed by atoms with Crippen LogP contribution in [0.5, 0.6) is 0 Å². The summed E-state index contributed by atoms with van der Waals surface area (Å²) in [5.74, 6) is 0.591. The molecule has 68 valence electrons.